The third kappa shape index (κ3) is 3.92. The Bertz CT molecular complexity index is 1070. The molecule has 3 rings (SSSR count). The highest BCUT2D eigenvalue weighted by molar-refractivity contribution is 9.10. The molecule has 0 radical (unpaired) electrons. The molecule has 0 saturated carbocycles. The fourth-order valence-corrected chi connectivity index (χ4v) is 3.09. The number of aromatic nitrogens is 3. The van der Waals surface area contributed by atoms with Crippen LogP contribution in [-0.4, -0.2) is 42.4 Å². The Hall–Kier alpha value is -2.72. The van der Waals surface area contributed by atoms with Crippen LogP contribution in [0, 0.1) is 10.6 Å². The Labute approximate surface area is 173 Å². The van der Waals surface area contributed by atoms with E-state index in [2.05, 4.69) is 31.2 Å². The minimum absolute atomic E-state index is 0.246. The Balaban J connectivity index is 2.10. The number of aromatic amines is 1. The summed E-state index contributed by atoms with van der Waals surface area (Å²) >= 11 is 8.57. The molecule has 0 saturated heterocycles. The summed E-state index contributed by atoms with van der Waals surface area (Å²) in [4.78, 5) is 0. The molecule has 0 bridgehead atoms. The number of halogens is 2. The van der Waals surface area contributed by atoms with Crippen LogP contribution < -0.4 is 14.2 Å². The van der Waals surface area contributed by atoms with Crippen LogP contribution in [0.5, 0.6) is 17.2 Å². The first-order chi connectivity index (χ1) is 13.5. The minimum Gasteiger partial charge on any atom is -0.493 e. The Morgan fingerprint density at radius 3 is 2.43 bits per heavy atom. The van der Waals surface area contributed by atoms with Gasteiger partial charge in [-0.3, -0.25) is 0 Å². The second-order valence-electron chi connectivity index (χ2n) is 5.49. The molecule has 3 aromatic rings. The number of methoxy groups -OCH3 is 3. The quantitative estimate of drug-likeness (QED) is 0.429. The van der Waals surface area contributed by atoms with Crippen molar-refractivity contribution in [2.24, 2.45) is 5.10 Å². The van der Waals surface area contributed by atoms with E-state index in [1.807, 2.05) is 0 Å². The predicted octanol–water partition coefficient (Wildman–Crippen LogP) is 4.42. The molecule has 1 N–H and O–H groups in total. The van der Waals surface area contributed by atoms with Crippen molar-refractivity contribution in [1.82, 2.24) is 14.9 Å². The third-order valence-electron chi connectivity index (χ3n) is 3.84. The first-order valence-corrected chi connectivity index (χ1v) is 9.15. The Kier molecular flexibility index (Phi) is 6.10. The van der Waals surface area contributed by atoms with Crippen LogP contribution in [0.2, 0.25) is 0 Å². The second kappa shape index (κ2) is 8.53. The lowest BCUT2D eigenvalue weighted by atomic mass is 10.1. The fraction of sp³-hybridized carbons (Fsp3) is 0.167. The molecular formula is C18H16BrFN4O3S. The lowest BCUT2D eigenvalue weighted by molar-refractivity contribution is 0.324. The second-order valence-corrected chi connectivity index (χ2v) is 6.79. The smallest absolute Gasteiger partial charge is 0.216 e. The van der Waals surface area contributed by atoms with Gasteiger partial charge in [0.25, 0.3) is 0 Å². The van der Waals surface area contributed by atoms with E-state index in [1.165, 1.54) is 38.3 Å². The molecule has 0 aliphatic rings. The van der Waals surface area contributed by atoms with Gasteiger partial charge in [0.05, 0.1) is 27.5 Å². The summed E-state index contributed by atoms with van der Waals surface area (Å²) in [5.41, 5.74) is 0.919. The number of nitrogens with one attached hydrogen (secondary N) is 1. The molecule has 0 fully saturated rings. The van der Waals surface area contributed by atoms with Gasteiger partial charge in [0, 0.05) is 15.6 Å². The molecule has 0 atom stereocenters. The van der Waals surface area contributed by atoms with Crippen molar-refractivity contribution in [2.75, 3.05) is 21.3 Å². The highest BCUT2D eigenvalue weighted by atomic mass is 79.9. The van der Waals surface area contributed by atoms with Gasteiger partial charge in [-0.15, -0.1) is 0 Å². The SMILES string of the molecule is COc1cc(-c2n[nH]c(=S)n2N=Cc2cc(Br)ccc2F)cc(OC)c1OC. The maximum atomic E-state index is 14.0. The van der Waals surface area contributed by atoms with E-state index in [4.69, 9.17) is 26.4 Å². The molecule has 1 aromatic heterocycles. The van der Waals surface area contributed by atoms with Gasteiger partial charge in [0.15, 0.2) is 17.3 Å². The van der Waals surface area contributed by atoms with E-state index in [-0.39, 0.29) is 4.77 Å². The first-order valence-electron chi connectivity index (χ1n) is 7.95. The average Bonchev–Trinajstić information content (AvgIpc) is 3.07. The van der Waals surface area contributed by atoms with Crippen LogP contribution in [0.4, 0.5) is 4.39 Å². The topological polar surface area (TPSA) is 73.7 Å². The predicted molar refractivity (Wildman–Crippen MR) is 110 cm³/mol. The number of rotatable bonds is 6. The van der Waals surface area contributed by atoms with Crippen molar-refractivity contribution >= 4 is 34.4 Å². The third-order valence-corrected chi connectivity index (χ3v) is 4.60. The number of benzene rings is 2. The molecule has 7 nitrogen and oxygen atoms in total. The van der Waals surface area contributed by atoms with Crippen molar-refractivity contribution in [1.29, 1.82) is 0 Å². The zero-order valence-corrected chi connectivity index (χ0v) is 17.6. The van der Waals surface area contributed by atoms with Gasteiger partial charge in [0.1, 0.15) is 5.82 Å². The lowest BCUT2D eigenvalue weighted by Crippen LogP contribution is -1.99. The zero-order valence-electron chi connectivity index (χ0n) is 15.2. The van der Waals surface area contributed by atoms with Crippen molar-refractivity contribution in [2.45, 2.75) is 0 Å². The van der Waals surface area contributed by atoms with Crippen LogP contribution in [0.1, 0.15) is 5.56 Å². The van der Waals surface area contributed by atoms with Gasteiger partial charge in [-0.2, -0.15) is 14.9 Å². The monoisotopic (exact) mass is 466 g/mol. The van der Waals surface area contributed by atoms with Crippen LogP contribution in [-0.2, 0) is 0 Å². The standard InChI is InChI=1S/C18H16BrFN4O3S/c1-25-14-7-10(8-15(26-2)16(14)27-3)17-22-23-18(28)24(17)21-9-11-6-12(19)4-5-13(11)20/h4-9H,1-3H3,(H,23,28). The summed E-state index contributed by atoms with van der Waals surface area (Å²) < 4.78 is 32.4. The first kappa shape index (κ1) is 20.0. The Morgan fingerprint density at radius 2 is 1.82 bits per heavy atom. The van der Waals surface area contributed by atoms with Gasteiger partial charge in [-0.25, -0.2) is 9.49 Å². The molecule has 0 unspecified atom stereocenters. The molecule has 0 amide bonds. The molecule has 0 spiro atoms. The van der Waals surface area contributed by atoms with Crippen LogP contribution >= 0.6 is 28.1 Å². The highest BCUT2D eigenvalue weighted by Crippen LogP contribution is 2.40. The maximum absolute atomic E-state index is 14.0. The van der Waals surface area contributed by atoms with Gasteiger partial charge in [-0.1, -0.05) is 15.9 Å². The number of ether oxygens (including phenoxy) is 3. The molecule has 1 heterocycles. The van der Waals surface area contributed by atoms with Crippen molar-refractivity contribution in [3.05, 3.63) is 51.0 Å². The van der Waals surface area contributed by atoms with Crippen LogP contribution in [0.25, 0.3) is 11.4 Å². The lowest BCUT2D eigenvalue weighted by Gasteiger charge is -2.13. The van der Waals surface area contributed by atoms with E-state index < -0.39 is 5.82 Å². The molecule has 10 heteroatoms. The summed E-state index contributed by atoms with van der Waals surface area (Å²) in [5.74, 6) is 1.36. The van der Waals surface area contributed by atoms with E-state index in [0.29, 0.717) is 34.2 Å². The molecule has 0 aliphatic carbocycles. The normalized spacial score (nSPS) is 11.0. The number of H-pyrrole nitrogens is 1. The number of hydrogen-bond donors (Lipinski definition) is 1. The van der Waals surface area contributed by atoms with Crippen LogP contribution in [0.15, 0.2) is 39.9 Å². The molecule has 28 heavy (non-hydrogen) atoms. The minimum atomic E-state index is -0.406. The van der Waals surface area contributed by atoms with Gasteiger partial charge < -0.3 is 14.2 Å². The summed E-state index contributed by atoms with van der Waals surface area (Å²) in [6, 6.07) is 8.01. The molecular weight excluding hydrogens is 451 g/mol. The van der Waals surface area contributed by atoms with E-state index in [0.717, 1.165) is 4.47 Å². The maximum Gasteiger partial charge on any atom is 0.216 e. The average molecular weight is 467 g/mol. The molecule has 146 valence electrons. The van der Waals surface area contributed by atoms with E-state index in [9.17, 15) is 4.39 Å². The van der Waals surface area contributed by atoms with E-state index >= 15 is 0 Å². The largest absolute Gasteiger partial charge is 0.493 e. The van der Waals surface area contributed by atoms with Crippen molar-refractivity contribution in [3.8, 4) is 28.6 Å². The van der Waals surface area contributed by atoms with Gasteiger partial charge >= 0.3 is 0 Å². The molecule has 0 aliphatic heterocycles. The van der Waals surface area contributed by atoms with Crippen molar-refractivity contribution < 1.29 is 18.6 Å². The summed E-state index contributed by atoms with van der Waals surface area (Å²) in [6.07, 6.45) is 1.37. The van der Waals surface area contributed by atoms with E-state index in [1.54, 1.807) is 24.3 Å². The summed E-state index contributed by atoms with van der Waals surface area (Å²) in [6.45, 7) is 0. The number of nitrogens with zero attached hydrogens (tertiary/aromatic N) is 3. The van der Waals surface area contributed by atoms with Crippen LogP contribution in [0.3, 0.4) is 0 Å². The van der Waals surface area contributed by atoms with Gasteiger partial charge in [0.2, 0.25) is 10.5 Å². The number of hydrogen-bond acceptors (Lipinski definition) is 6. The Morgan fingerprint density at radius 1 is 1.14 bits per heavy atom. The zero-order chi connectivity index (χ0) is 20.3. The summed E-state index contributed by atoms with van der Waals surface area (Å²) in [5, 5.41) is 11.2. The highest BCUT2D eigenvalue weighted by Gasteiger charge is 2.17. The van der Waals surface area contributed by atoms with Crippen molar-refractivity contribution in [3.63, 3.8) is 0 Å². The van der Waals surface area contributed by atoms with Gasteiger partial charge in [-0.05, 0) is 42.5 Å². The summed E-state index contributed by atoms with van der Waals surface area (Å²) in [7, 11) is 4.56. The molecule has 2 aromatic carbocycles. The fourth-order valence-electron chi connectivity index (χ4n) is 2.53.